The lowest BCUT2D eigenvalue weighted by molar-refractivity contribution is -0.594. The molecule has 0 aliphatic carbocycles. The van der Waals surface area contributed by atoms with Gasteiger partial charge < -0.3 is 18.9 Å². The summed E-state index contributed by atoms with van der Waals surface area (Å²) in [7, 11) is 0. The Hall–Kier alpha value is -9.39. The number of aromatic nitrogens is 2. The van der Waals surface area contributed by atoms with E-state index in [1.165, 1.54) is 89.0 Å². The van der Waals surface area contributed by atoms with E-state index in [0.717, 1.165) is 78.9 Å². The molecule has 4 atom stereocenters. The Balaban J connectivity index is 0.921. The second-order valence-electron chi connectivity index (χ2n) is 22.7. The number of rotatable bonds is 6. The van der Waals surface area contributed by atoms with Gasteiger partial charge in [0.1, 0.15) is 71.2 Å². The normalized spacial score (nSPS) is 16.8. The molecule has 81 heavy (non-hydrogen) atoms. The van der Waals surface area contributed by atoms with Crippen molar-refractivity contribution < 1.29 is 23.5 Å². The fraction of sp³-hybridized carbons (Fsp3) is 0.160. The highest BCUT2D eigenvalue weighted by atomic mass is 16.5. The monoisotopic (exact) mass is 1050 g/mol. The zero-order valence-corrected chi connectivity index (χ0v) is 46.9. The van der Waals surface area contributed by atoms with Crippen LogP contribution in [0, 0.1) is 27.7 Å². The topological polar surface area (TPSA) is 45.7 Å². The number of nitrogens with zero attached hydrogens (tertiary/aromatic N) is 2. The molecular weight excluding hydrogens is 993 g/mol. The van der Waals surface area contributed by atoms with Crippen LogP contribution in [-0.2, 0) is 0 Å². The third kappa shape index (κ3) is 7.71. The van der Waals surface area contributed by atoms with Crippen molar-refractivity contribution in [2.45, 2.75) is 79.8 Å². The van der Waals surface area contributed by atoms with Crippen molar-refractivity contribution in [1.29, 1.82) is 0 Å². The maximum Gasteiger partial charge on any atom is 0.254 e. The molecule has 4 aliphatic rings. The van der Waals surface area contributed by atoms with E-state index >= 15 is 0 Å². The molecule has 0 unspecified atom stereocenters. The van der Waals surface area contributed by atoms with Gasteiger partial charge in [-0.05, 0) is 148 Å². The van der Waals surface area contributed by atoms with E-state index in [4.69, 9.17) is 18.9 Å². The zero-order chi connectivity index (χ0) is 54.9. The lowest BCUT2D eigenvalue weighted by atomic mass is 9.73. The maximum atomic E-state index is 7.10. The van der Waals surface area contributed by atoms with E-state index in [2.05, 4.69) is 265 Å². The SMILES string of the molecule is Cc1ccc(-c2c(-c3ccc(C)cc3)c3c(c4c2[C@@H](C)Oc2ccccc2-4)-c2cc(-n4cc[n+](-c5ccc6c(c5)-c5c7c(c(-c8ccc(C)cc8)c(-c8ccc(C)cc8)c5[C@@H](C)O6)[C@@H](C)Oc5ccccc5-7)c4)ccc2O[C@@H]3C)cc1. The number of aryl methyl sites for hydroxylation is 4. The first-order chi connectivity index (χ1) is 39.4. The highest BCUT2D eigenvalue weighted by Crippen LogP contribution is 2.62. The number of hydrogen-bond donors (Lipinski definition) is 0. The number of ether oxygens (including phenoxy) is 4. The van der Waals surface area contributed by atoms with Crippen molar-refractivity contribution in [3.63, 3.8) is 0 Å². The van der Waals surface area contributed by atoms with Gasteiger partial charge in [-0.15, -0.1) is 0 Å². The second-order valence-corrected chi connectivity index (χ2v) is 22.7. The van der Waals surface area contributed by atoms with Crippen molar-refractivity contribution in [3.8, 4) is 123 Å². The van der Waals surface area contributed by atoms with Crippen LogP contribution in [-0.4, -0.2) is 4.57 Å². The van der Waals surface area contributed by atoms with Crippen LogP contribution in [0.3, 0.4) is 0 Å². The minimum atomic E-state index is -0.249. The smallest absolute Gasteiger partial charge is 0.254 e. The fourth-order valence-corrected chi connectivity index (χ4v) is 13.6. The summed E-state index contributed by atoms with van der Waals surface area (Å²) < 4.78 is 32.5. The number of hydrogen-bond acceptors (Lipinski definition) is 4. The van der Waals surface area contributed by atoms with Gasteiger partial charge in [-0.2, -0.15) is 0 Å². The molecule has 5 heterocycles. The predicted molar refractivity (Wildman–Crippen MR) is 326 cm³/mol. The van der Waals surface area contributed by atoms with Crippen LogP contribution < -0.4 is 23.5 Å². The number of para-hydroxylation sites is 2. The van der Waals surface area contributed by atoms with Crippen LogP contribution in [0.25, 0.3) is 100 Å². The summed E-state index contributed by atoms with van der Waals surface area (Å²) in [4.78, 5) is 0. The van der Waals surface area contributed by atoms with Gasteiger partial charge >= 0.3 is 0 Å². The predicted octanol–water partition coefficient (Wildman–Crippen LogP) is 19.1. The van der Waals surface area contributed by atoms with Crippen molar-refractivity contribution in [3.05, 3.63) is 245 Å². The Morgan fingerprint density at radius 3 is 1.06 bits per heavy atom. The van der Waals surface area contributed by atoms with Gasteiger partial charge in [0.15, 0.2) is 0 Å². The highest BCUT2D eigenvalue weighted by Gasteiger charge is 2.41. The molecule has 0 spiro atoms. The van der Waals surface area contributed by atoms with E-state index in [0.29, 0.717) is 0 Å². The molecule has 0 fully saturated rings. The molecule has 0 saturated carbocycles. The van der Waals surface area contributed by atoms with Crippen LogP contribution >= 0.6 is 0 Å². The van der Waals surface area contributed by atoms with Crippen molar-refractivity contribution in [1.82, 2.24) is 4.57 Å². The standard InChI is InChI=1S/C75H61N2O4/c1-42-17-25-50(26-18-42)68-64-46(5)78-60-15-11-9-13-56(60)72(64)74-58-39-54(33-35-62(58)80-48(7)66(74)70(68)52-29-21-44(3)22-30-52)76-37-38-77(41-76)55-34-36-63-59(40-55)75-67(49(8)81-63)71(53-31-23-45(4)24-32-53)69(51-27-19-43(2)20-28-51)65-47(6)79-61-16-12-10-14-57(61)73(65)75/h9-41,46-49H,1-8H3/q+1/t46-,47-,48-,49-/m1/s1. The number of benzene rings is 10. The Morgan fingerprint density at radius 1 is 0.333 bits per heavy atom. The minimum Gasteiger partial charge on any atom is -0.485 e. The third-order valence-electron chi connectivity index (χ3n) is 17.4. The van der Waals surface area contributed by atoms with Crippen molar-refractivity contribution in [2.75, 3.05) is 0 Å². The molecule has 0 N–H and O–H groups in total. The van der Waals surface area contributed by atoms with Gasteiger partial charge in [-0.25, -0.2) is 9.13 Å². The van der Waals surface area contributed by atoms with Crippen LogP contribution in [0.2, 0.25) is 0 Å². The van der Waals surface area contributed by atoms with Gasteiger partial charge in [0.25, 0.3) is 6.33 Å². The molecule has 0 radical (unpaired) electrons. The van der Waals surface area contributed by atoms with Crippen LogP contribution in [0.15, 0.2) is 201 Å². The van der Waals surface area contributed by atoms with Crippen molar-refractivity contribution in [2.24, 2.45) is 0 Å². The summed E-state index contributed by atoms with van der Waals surface area (Å²) in [5.41, 5.74) is 30.1. The van der Waals surface area contributed by atoms with Gasteiger partial charge in [0, 0.05) is 66.8 Å². The average molecular weight is 1050 g/mol. The molecule has 6 heteroatoms. The molecule has 6 nitrogen and oxygen atoms in total. The quantitative estimate of drug-likeness (QED) is 0.156. The Kier molecular flexibility index (Phi) is 11.2. The molecule has 10 aromatic carbocycles. The summed E-state index contributed by atoms with van der Waals surface area (Å²) in [6.45, 7) is 17.4. The molecule has 0 amide bonds. The summed E-state index contributed by atoms with van der Waals surface area (Å²) in [5.74, 6) is 3.50. The van der Waals surface area contributed by atoms with Gasteiger partial charge in [0.05, 0.1) is 0 Å². The van der Waals surface area contributed by atoms with E-state index in [9.17, 15) is 0 Å². The Labute approximate surface area is 474 Å². The molecule has 15 rings (SSSR count). The van der Waals surface area contributed by atoms with Crippen LogP contribution in [0.4, 0.5) is 0 Å². The molecule has 1 aromatic heterocycles. The van der Waals surface area contributed by atoms with E-state index in [-0.39, 0.29) is 24.4 Å². The fourth-order valence-electron chi connectivity index (χ4n) is 13.6. The Bertz CT molecular complexity index is 4100. The van der Waals surface area contributed by atoms with Gasteiger partial charge in [-0.3, -0.25) is 0 Å². The highest BCUT2D eigenvalue weighted by molar-refractivity contribution is 6.06. The zero-order valence-electron chi connectivity index (χ0n) is 46.9. The van der Waals surface area contributed by atoms with Gasteiger partial charge in [0.2, 0.25) is 0 Å². The lowest BCUT2D eigenvalue weighted by Crippen LogP contribution is -2.28. The van der Waals surface area contributed by atoms with E-state index < -0.39 is 0 Å². The second kappa shape index (κ2) is 18.6. The minimum absolute atomic E-state index is 0.229. The third-order valence-corrected chi connectivity index (χ3v) is 17.4. The molecule has 0 saturated heterocycles. The molecule has 4 aliphatic heterocycles. The molecule has 394 valence electrons. The number of fused-ring (bicyclic) bond motifs is 14. The number of imidazole rings is 1. The first-order valence-electron chi connectivity index (χ1n) is 28.5. The van der Waals surface area contributed by atoms with Crippen LogP contribution in [0.1, 0.15) is 96.6 Å². The van der Waals surface area contributed by atoms with Crippen molar-refractivity contribution >= 4 is 0 Å². The van der Waals surface area contributed by atoms with Gasteiger partial charge in [-0.1, -0.05) is 156 Å². The lowest BCUT2D eigenvalue weighted by Gasteiger charge is -2.38. The largest absolute Gasteiger partial charge is 0.485 e. The van der Waals surface area contributed by atoms with E-state index in [1.807, 2.05) is 0 Å². The summed E-state index contributed by atoms with van der Waals surface area (Å²) in [6.07, 6.45) is 5.53. The summed E-state index contributed by atoms with van der Waals surface area (Å²) in [6, 6.07) is 66.3. The first kappa shape index (κ1) is 48.7. The Morgan fingerprint density at radius 2 is 0.667 bits per heavy atom. The maximum absolute atomic E-state index is 7.10. The first-order valence-corrected chi connectivity index (χ1v) is 28.5. The summed E-state index contributed by atoms with van der Waals surface area (Å²) in [5, 5.41) is 0. The molecular formula is C75H61N2O4+. The van der Waals surface area contributed by atoms with Crippen LogP contribution in [0.5, 0.6) is 23.0 Å². The molecule has 0 bridgehead atoms. The van der Waals surface area contributed by atoms with E-state index in [1.54, 1.807) is 0 Å². The molecule has 11 aromatic rings. The average Bonchev–Trinajstić information content (AvgIpc) is 3.53. The summed E-state index contributed by atoms with van der Waals surface area (Å²) >= 11 is 0.